The van der Waals surface area contributed by atoms with Gasteiger partial charge < -0.3 is 0 Å². The first-order valence-electron chi connectivity index (χ1n) is 4.12. The first-order valence-corrected chi connectivity index (χ1v) is 5.17. The monoisotopic (exact) mass is 190 g/mol. The largest absolute Gasteiger partial charge is 0.265 e. The summed E-state index contributed by atoms with van der Waals surface area (Å²) in [6, 6.07) is 3.96. The molecule has 1 aromatic heterocycles. The van der Waals surface area contributed by atoms with Crippen molar-refractivity contribution >= 4 is 23.2 Å². The molecule has 13 heavy (non-hydrogen) atoms. The zero-order valence-electron chi connectivity index (χ0n) is 7.40. The van der Waals surface area contributed by atoms with Crippen molar-refractivity contribution in [3.63, 3.8) is 0 Å². The molecule has 0 bridgehead atoms. The Morgan fingerprint density at radius 1 is 1.31 bits per heavy atom. The summed E-state index contributed by atoms with van der Waals surface area (Å²) in [6.45, 7) is 2.06. The van der Waals surface area contributed by atoms with Crippen molar-refractivity contribution in [2.45, 2.75) is 6.92 Å². The molecular formula is C10H10N2S. The minimum atomic E-state index is 1.01. The molecule has 66 valence electrons. The standard InChI is InChI=1S/C10H10N2S/c1-8-6-13-7-10(12-8)9-2-4-11-5-3-9/h2-5,7H,6H2,1H3. The lowest BCUT2D eigenvalue weighted by molar-refractivity contribution is 1.31. The highest BCUT2D eigenvalue weighted by Crippen LogP contribution is 2.23. The molecule has 0 N–H and O–H groups in total. The molecule has 3 heteroatoms. The van der Waals surface area contributed by atoms with E-state index in [9.17, 15) is 0 Å². The van der Waals surface area contributed by atoms with E-state index in [4.69, 9.17) is 0 Å². The second kappa shape index (κ2) is 3.75. The summed E-state index contributed by atoms with van der Waals surface area (Å²) in [7, 11) is 0. The lowest BCUT2D eigenvalue weighted by atomic mass is 10.2. The number of rotatable bonds is 1. The van der Waals surface area contributed by atoms with Gasteiger partial charge in [0.15, 0.2) is 0 Å². The Bertz CT molecular complexity index is 354. The third kappa shape index (κ3) is 1.98. The molecule has 0 aliphatic carbocycles. The van der Waals surface area contributed by atoms with Gasteiger partial charge in [-0.25, -0.2) is 0 Å². The van der Waals surface area contributed by atoms with Gasteiger partial charge in [0.25, 0.3) is 0 Å². The number of hydrogen-bond acceptors (Lipinski definition) is 3. The normalized spacial score (nSPS) is 16.4. The van der Waals surface area contributed by atoms with Crippen molar-refractivity contribution < 1.29 is 0 Å². The number of pyridine rings is 1. The molecule has 0 aromatic carbocycles. The molecule has 0 saturated carbocycles. The van der Waals surface area contributed by atoms with E-state index in [-0.39, 0.29) is 0 Å². The van der Waals surface area contributed by atoms with Gasteiger partial charge in [0.05, 0.1) is 5.70 Å². The van der Waals surface area contributed by atoms with E-state index in [1.54, 1.807) is 24.2 Å². The number of nitrogens with zero attached hydrogens (tertiary/aromatic N) is 2. The van der Waals surface area contributed by atoms with E-state index in [1.807, 2.05) is 12.1 Å². The Labute approximate surface area is 81.8 Å². The molecule has 0 spiro atoms. The maximum absolute atomic E-state index is 4.48. The molecule has 0 saturated heterocycles. The first-order chi connectivity index (χ1) is 6.36. The summed E-state index contributed by atoms with van der Waals surface area (Å²) in [4.78, 5) is 8.46. The maximum atomic E-state index is 4.48. The van der Waals surface area contributed by atoms with Gasteiger partial charge in [-0.2, -0.15) is 0 Å². The lowest BCUT2D eigenvalue weighted by Crippen LogP contribution is -1.99. The molecule has 0 fully saturated rings. The van der Waals surface area contributed by atoms with Crippen LogP contribution in [0.5, 0.6) is 0 Å². The third-order valence-electron chi connectivity index (χ3n) is 1.77. The molecular weight excluding hydrogens is 180 g/mol. The fourth-order valence-electron chi connectivity index (χ4n) is 1.16. The molecule has 0 amide bonds. The molecule has 1 aliphatic heterocycles. The van der Waals surface area contributed by atoms with Crippen LogP contribution < -0.4 is 0 Å². The fraction of sp³-hybridized carbons (Fsp3) is 0.200. The van der Waals surface area contributed by atoms with Crippen molar-refractivity contribution in [3.05, 3.63) is 35.5 Å². The van der Waals surface area contributed by atoms with Crippen LogP contribution in [-0.4, -0.2) is 16.4 Å². The minimum absolute atomic E-state index is 1.01. The SMILES string of the molecule is CC1=NC(c2ccncc2)=CSC1. The van der Waals surface area contributed by atoms with Gasteiger partial charge in [-0.1, -0.05) is 0 Å². The van der Waals surface area contributed by atoms with Crippen LogP contribution in [0.3, 0.4) is 0 Å². The van der Waals surface area contributed by atoms with E-state index in [2.05, 4.69) is 22.3 Å². The van der Waals surface area contributed by atoms with Gasteiger partial charge in [0, 0.05) is 29.4 Å². The van der Waals surface area contributed by atoms with Crippen molar-refractivity contribution in [1.82, 2.24) is 4.98 Å². The molecule has 1 aliphatic rings. The average Bonchev–Trinajstić information content (AvgIpc) is 2.19. The summed E-state index contributed by atoms with van der Waals surface area (Å²) in [6.07, 6.45) is 3.58. The topological polar surface area (TPSA) is 25.2 Å². The zero-order valence-corrected chi connectivity index (χ0v) is 8.21. The summed E-state index contributed by atoms with van der Waals surface area (Å²) in [5, 5.41) is 2.10. The van der Waals surface area contributed by atoms with E-state index in [0.29, 0.717) is 0 Å². The van der Waals surface area contributed by atoms with Crippen LogP contribution in [0.1, 0.15) is 12.5 Å². The van der Waals surface area contributed by atoms with Gasteiger partial charge in [0.2, 0.25) is 0 Å². The average molecular weight is 190 g/mol. The molecule has 0 unspecified atom stereocenters. The minimum Gasteiger partial charge on any atom is -0.265 e. The Morgan fingerprint density at radius 3 is 2.77 bits per heavy atom. The molecule has 2 heterocycles. The Hall–Kier alpha value is -1.09. The van der Waals surface area contributed by atoms with Crippen molar-refractivity contribution in [1.29, 1.82) is 0 Å². The molecule has 1 aromatic rings. The highest BCUT2D eigenvalue weighted by atomic mass is 32.2. The van der Waals surface area contributed by atoms with Crippen molar-refractivity contribution in [2.75, 3.05) is 5.75 Å². The summed E-state index contributed by atoms with van der Waals surface area (Å²) in [5.74, 6) is 1.01. The Morgan fingerprint density at radius 2 is 2.08 bits per heavy atom. The summed E-state index contributed by atoms with van der Waals surface area (Å²) in [5.41, 5.74) is 3.37. The van der Waals surface area contributed by atoms with Crippen molar-refractivity contribution in [2.24, 2.45) is 4.99 Å². The lowest BCUT2D eigenvalue weighted by Gasteiger charge is -2.08. The second-order valence-corrected chi connectivity index (χ2v) is 3.75. The quantitative estimate of drug-likeness (QED) is 0.680. The second-order valence-electron chi connectivity index (χ2n) is 2.90. The predicted octanol–water partition coefficient (Wildman–Crippen LogP) is 2.59. The molecule has 0 radical (unpaired) electrons. The first kappa shape index (κ1) is 8.51. The highest BCUT2D eigenvalue weighted by Gasteiger charge is 2.05. The Balaban J connectivity index is 2.33. The van der Waals surface area contributed by atoms with E-state index < -0.39 is 0 Å². The van der Waals surface area contributed by atoms with Gasteiger partial charge in [-0.05, 0) is 24.5 Å². The summed E-state index contributed by atoms with van der Waals surface area (Å²) >= 11 is 1.79. The smallest absolute Gasteiger partial charge is 0.0765 e. The Kier molecular flexibility index (Phi) is 2.45. The van der Waals surface area contributed by atoms with Crippen LogP contribution >= 0.6 is 11.8 Å². The van der Waals surface area contributed by atoms with Crippen LogP contribution in [0.4, 0.5) is 0 Å². The van der Waals surface area contributed by atoms with E-state index in [0.717, 1.165) is 17.0 Å². The molecule has 2 rings (SSSR count). The van der Waals surface area contributed by atoms with Gasteiger partial charge in [0.1, 0.15) is 0 Å². The van der Waals surface area contributed by atoms with Crippen LogP contribution in [0.15, 0.2) is 34.9 Å². The summed E-state index contributed by atoms with van der Waals surface area (Å²) < 4.78 is 0. The molecule has 0 atom stereocenters. The van der Waals surface area contributed by atoms with Crippen molar-refractivity contribution in [3.8, 4) is 0 Å². The van der Waals surface area contributed by atoms with Gasteiger partial charge >= 0.3 is 0 Å². The van der Waals surface area contributed by atoms with E-state index >= 15 is 0 Å². The fourth-order valence-corrected chi connectivity index (χ4v) is 1.90. The van der Waals surface area contributed by atoms with Gasteiger partial charge in [-0.15, -0.1) is 11.8 Å². The zero-order chi connectivity index (χ0) is 9.10. The highest BCUT2D eigenvalue weighted by molar-refractivity contribution is 8.03. The van der Waals surface area contributed by atoms with Gasteiger partial charge in [-0.3, -0.25) is 9.98 Å². The number of hydrogen-bond donors (Lipinski definition) is 0. The third-order valence-corrected chi connectivity index (χ3v) is 2.75. The van der Waals surface area contributed by atoms with Crippen LogP contribution in [0.25, 0.3) is 5.70 Å². The maximum Gasteiger partial charge on any atom is 0.0765 e. The van der Waals surface area contributed by atoms with Crippen LogP contribution in [0, 0.1) is 0 Å². The van der Waals surface area contributed by atoms with Crippen LogP contribution in [-0.2, 0) is 0 Å². The van der Waals surface area contributed by atoms with E-state index in [1.165, 1.54) is 5.71 Å². The number of aromatic nitrogens is 1. The predicted molar refractivity (Wildman–Crippen MR) is 57.8 cm³/mol. The number of aliphatic imine (C=N–C) groups is 1. The van der Waals surface area contributed by atoms with Crippen LogP contribution in [0.2, 0.25) is 0 Å². The molecule has 2 nitrogen and oxygen atoms in total. The number of thioether (sulfide) groups is 1.